The molecular weight excluding hydrogens is 248 g/mol. The van der Waals surface area contributed by atoms with Crippen LogP contribution < -0.4 is 5.32 Å². The first-order chi connectivity index (χ1) is 8.78. The average molecular weight is 266 g/mol. The van der Waals surface area contributed by atoms with Crippen molar-refractivity contribution < 1.29 is 5.11 Å². The molecule has 0 amide bonds. The Bertz CT molecular complexity index is 480. The van der Waals surface area contributed by atoms with Gasteiger partial charge in [-0.2, -0.15) is 5.10 Å². The van der Waals surface area contributed by atoms with E-state index in [0.717, 1.165) is 30.8 Å². The number of thiazole rings is 1. The largest absolute Gasteiger partial charge is 0.394 e. The predicted octanol–water partition coefficient (Wildman–Crippen LogP) is 0.973. The molecule has 2 aromatic rings. The SMILES string of the molecule is Cc1csc(CCNCc2cnn(CCO)c2)n1. The van der Waals surface area contributed by atoms with E-state index in [1.165, 1.54) is 5.01 Å². The highest BCUT2D eigenvalue weighted by Gasteiger charge is 2.00. The zero-order valence-electron chi connectivity index (χ0n) is 10.5. The van der Waals surface area contributed by atoms with Gasteiger partial charge in [-0.25, -0.2) is 4.98 Å². The molecule has 2 heterocycles. The van der Waals surface area contributed by atoms with Gasteiger partial charge < -0.3 is 10.4 Å². The topological polar surface area (TPSA) is 63.0 Å². The third-order valence-corrected chi connectivity index (χ3v) is 3.55. The number of aliphatic hydroxyl groups is 1. The highest BCUT2D eigenvalue weighted by atomic mass is 32.1. The lowest BCUT2D eigenvalue weighted by Gasteiger charge is -2.00. The fraction of sp³-hybridized carbons (Fsp3) is 0.500. The summed E-state index contributed by atoms with van der Waals surface area (Å²) in [4.78, 5) is 4.42. The van der Waals surface area contributed by atoms with Gasteiger partial charge in [0.1, 0.15) is 0 Å². The second kappa shape index (κ2) is 6.63. The van der Waals surface area contributed by atoms with Crippen LogP contribution >= 0.6 is 11.3 Å². The zero-order valence-corrected chi connectivity index (χ0v) is 11.3. The van der Waals surface area contributed by atoms with Crippen LogP contribution in [0.15, 0.2) is 17.8 Å². The van der Waals surface area contributed by atoms with Crippen molar-refractivity contribution in [1.82, 2.24) is 20.1 Å². The van der Waals surface area contributed by atoms with Crippen LogP contribution in [0.4, 0.5) is 0 Å². The Kier molecular flexibility index (Phi) is 4.86. The Hall–Kier alpha value is -1.24. The number of hydrogen-bond donors (Lipinski definition) is 2. The molecule has 0 aliphatic carbocycles. The number of aliphatic hydroxyl groups excluding tert-OH is 1. The molecule has 0 unspecified atom stereocenters. The van der Waals surface area contributed by atoms with E-state index in [4.69, 9.17) is 5.11 Å². The molecule has 0 aromatic carbocycles. The molecule has 2 rings (SSSR count). The number of aromatic nitrogens is 3. The van der Waals surface area contributed by atoms with Crippen molar-refractivity contribution in [2.75, 3.05) is 13.2 Å². The van der Waals surface area contributed by atoms with Crippen molar-refractivity contribution in [2.24, 2.45) is 0 Å². The summed E-state index contributed by atoms with van der Waals surface area (Å²) >= 11 is 1.71. The third kappa shape index (κ3) is 3.90. The Labute approximate surface area is 110 Å². The molecular formula is C12H18N4OS. The van der Waals surface area contributed by atoms with E-state index in [9.17, 15) is 0 Å². The van der Waals surface area contributed by atoms with E-state index in [1.807, 2.05) is 19.3 Å². The summed E-state index contributed by atoms with van der Waals surface area (Å²) < 4.78 is 1.75. The molecule has 0 atom stereocenters. The molecule has 0 aliphatic heterocycles. The molecule has 0 saturated heterocycles. The van der Waals surface area contributed by atoms with Crippen LogP contribution in [0.1, 0.15) is 16.3 Å². The van der Waals surface area contributed by atoms with Crippen molar-refractivity contribution in [3.8, 4) is 0 Å². The lowest BCUT2D eigenvalue weighted by Crippen LogP contribution is -2.16. The van der Waals surface area contributed by atoms with E-state index < -0.39 is 0 Å². The Morgan fingerprint density at radius 2 is 2.39 bits per heavy atom. The predicted molar refractivity (Wildman–Crippen MR) is 71.6 cm³/mol. The van der Waals surface area contributed by atoms with Crippen molar-refractivity contribution in [3.63, 3.8) is 0 Å². The molecule has 0 saturated carbocycles. The van der Waals surface area contributed by atoms with Crippen molar-refractivity contribution in [3.05, 3.63) is 34.0 Å². The second-order valence-corrected chi connectivity index (χ2v) is 5.09. The summed E-state index contributed by atoms with van der Waals surface area (Å²) in [5.41, 5.74) is 2.24. The first-order valence-electron chi connectivity index (χ1n) is 6.02. The van der Waals surface area contributed by atoms with Gasteiger partial charge >= 0.3 is 0 Å². The van der Waals surface area contributed by atoms with Crippen molar-refractivity contribution >= 4 is 11.3 Å². The smallest absolute Gasteiger partial charge is 0.0940 e. The van der Waals surface area contributed by atoms with Crippen LogP contribution in [0.2, 0.25) is 0 Å². The second-order valence-electron chi connectivity index (χ2n) is 4.14. The molecule has 2 aromatic heterocycles. The summed E-state index contributed by atoms with van der Waals surface area (Å²) in [6, 6.07) is 0. The monoisotopic (exact) mass is 266 g/mol. The number of nitrogens with one attached hydrogen (secondary N) is 1. The molecule has 0 spiro atoms. The molecule has 0 fully saturated rings. The normalized spacial score (nSPS) is 11.0. The quantitative estimate of drug-likeness (QED) is 0.733. The van der Waals surface area contributed by atoms with Crippen molar-refractivity contribution in [1.29, 1.82) is 0 Å². The number of hydrogen-bond acceptors (Lipinski definition) is 5. The molecule has 5 nitrogen and oxygen atoms in total. The van der Waals surface area contributed by atoms with Crippen molar-refractivity contribution in [2.45, 2.75) is 26.4 Å². The van der Waals surface area contributed by atoms with Gasteiger partial charge in [0.25, 0.3) is 0 Å². The van der Waals surface area contributed by atoms with Gasteiger partial charge in [-0.3, -0.25) is 4.68 Å². The van der Waals surface area contributed by atoms with Gasteiger partial charge in [-0.15, -0.1) is 11.3 Å². The minimum absolute atomic E-state index is 0.123. The fourth-order valence-corrected chi connectivity index (χ4v) is 2.44. The summed E-state index contributed by atoms with van der Waals surface area (Å²) in [6.07, 6.45) is 4.75. The van der Waals surface area contributed by atoms with Crippen LogP contribution in [0.3, 0.4) is 0 Å². The van der Waals surface area contributed by atoms with E-state index in [-0.39, 0.29) is 6.61 Å². The fourth-order valence-electron chi connectivity index (χ4n) is 1.67. The van der Waals surface area contributed by atoms with Gasteiger partial charge in [-0.05, 0) is 6.92 Å². The van der Waals surface area contributed by atoms with E-state index >= 15 is 0 Å². The van der Waals surface area contributed by atoms with Gasteiger partial charge in [0.15, 0.2) is 0 Å². The van der Waals surface area contributed by atoms with Gasteiger partial charge in [0.05, 0.1) is 24.4 Å². The number of aryl methyl sites for hydroxylation is 1. The maximum Gasteiger partial charge on any atom is 0.0940 e. The molecule has 0 bridgehead atoms. The number of nitrogens with zero attached hydrogens (tertiary/aromatic N) is 3. The average Bonchev–Trinajstić information content (AvgIpc) is 2.95. The summed E-state index contributed by atoms with van der Waals surface area (Å²) in [7, 11) is 0. The van der Waals surface area contributed by atoms with Gasteiger partial charge in [0, 0.05) is 42.3 Å². The lowest BCUT2D eigenvalue weighted by atomic mass is 10.3. The zero-order chi connectivity index (χ0) is 12.8. The maximum absolute atomic E-state index is 8.79. The standard InChI is InChI=1S/C12H18N4OS/c1-10-9-18-12(15-10)2-3-13-6-11-7-14-16(8-11)4-5-17/h7-9,13,17H,2-6H2,1H3. The minimum Gasteiger partial charge on any atom is -0.394 e. The van der Waals surface area contributed by atoms with Crippen LogP contribution in [0.5, 0.6) is 0 Å². The van der Waals surface area contributed by atoms with Crippen LogP contribution in [-0.4, -0.2) is 33.0 Å². The maximum atomic E-state index is 8.79. The number of rotatable bonds is 7. The summed E-state index contributed by atoms with van der Waals surface area (Å²) in [5.74, 6) is 0. The first kappa shape index (κ1) is 13.2. The van der Waals surface area contributed by atoms with Crippen LogP contribution in [0, 0.1) is 6.92 Å². The first-order valence-corrected chi connectivity index (χ1v) is 6.90. The third-order valence-electron chi connectivity index (χ3n) is 2.53. The molecule has 2 N–H and O–H groups in total. The Morgan fingerprint density at radius 3 is 3.11 bits per heavy atom. The molecule has 18 heavy (non-hydrogen) atoms. The minimum atomic E-state index is 0.123. The van der Waals surface area contributed by atoms with E-state index in [1.54, 1.807) is 16.0 Å². The van der Waals surface area contributed by atoms with Crippen LogP contribution in [-0.2, 0) is 19.5 Å². The molecule has 6 heteroatoms. The highest BCUT2D eigenvalue weighted by molar-refractivity contribution is 7.09. The van der Waals surface area contributed by atoms with E-state index in [2.05, 4.69) is 20.8 Å². The Balaban J connectivity index is 1.68. The lowest BCUT2D eigenvalue weighted by molar-refractivity contribution is 0.269. The Morgan fingerprint density at radius 1 is 1.50 bits per heavy atom. The molecule has 0 radical (unpaired) electrons. The van der Waals surface area contributed by atoms with Crippen LogP contribution in [0.25, 0.3) is 0 Å². The summed E-state index contributed by atoms with van der Waals surface area (Å²) in [6.45, 7) is 4.41. The van der Waals surface area contributed by atoms with Gasteiger partial charge in [0.2, 0.25) is 0 Å². The van der Waals surface area contributed by atoms with Gasteiger partial charge in [-0.1, -0.05) is 0 Å². The highest BCUT2D eigenvalue weighted by Crippen LogP contribution is 2.08. The molecule has 98 valence electrons. The van der Waals surface area contributed by atoms with E-state index in [0.29, 0.717) is 6.54 Å². The molecule has 0 aliphatic rings. The summed E-state index contributed by atoms with van der Waals surface area (Å²) in [5, 5.41) is 19.6.